The molecule has 3 unspecified atom stereocenters. The van der Waals surface area contributed by atoms with E-state index < -0.39 is 0 Å². The normalized spacial score (nSPS) is 32.1. The van der Waals surface area contributed by atoms with Crippen molar-refractivity contribution in [3.63, 3.8) is 0 Å². The number of likely N-dealkylation sites (N-methyl/N-ethyl adjacent to an activating group) is 1. The van der Waals surface area contributed by atoms with Crippen molar-refractivity contribution >= 4 is 0 Å². The zero-order valence-corrected chi connectivity index (χ0v) is 9.07. The number of rotatable bonds is 0. The Bertz CT molecular complexity index is 293. The minimum atomic E-state index is 0.771. The first-order valence-electron chi connectivity index (χ1n) is 5.36. The molecule has 0 amide bonds. The maximum Gasteiger partial charge on any atom is 0.115 e. The van der Waals surface area contributed by atoms with Crippen LogP contribution < -0.4 is 0 Å². The smallest absolute Gasteiger partial charge is 0.115 e. The zero-order chi connectivity index (χ0) is 10.1. The third kappa shape index (κ3) is 1.42. The Morgan fingerprint density at radius 3 is 2.79 bits per heavy atom. The summed E-state index contributed by atoms with van der Waals surface area (Å²) in [6.07, 6.45) is 5.89. The summed E-state index contributed by atoms with van der Waals surface area (Å²) in [4.78, 5) is 10.8. The fourth-order valence-electron chi connectivity index (χ4n) is 2.20. The molecule has 1 fully saturated rings. The lowest BCUT2D eigenvalue weighted by Crippen LogP contribution is -2.13. The molecule has 0 N–H and O–H groups in total. The van der Waals surface area contributed by atoms with E-state index in [0.29, 0.717) is 0 Å². The monoisotopic (exact) mass is 191 g/mol. The largest absolute Gasteiger partial charge is 0.297 e. The fraction of sp³-hybridized carbons (Fsp3) is 0.636. The van der Waals surface area contributed by atoms with Gasteiger partial charge >= 0.3 is 0 Å². The van der Waals surface area contributed by atoms with Crippen LogP contribution in [-0.2, 0) is 12.8 Å². The second kappa shape index (κ2) is 3.65. The summed E-state index contributed by atoms with van der Waals surface area (Å²) in [5, 5.41) is 0. The second-order valence-corrected chi connectivity index (χ2v) is 3.70. The zero-order valence-electron chi connectivity index (χ0n) is 9.07. The maximum absolute atomic E-state index is 4.29. The molecule has 1 aliphatic heterocycles. The molecule has 14 heavy (non-hydrogen) atoms. The van der Waals surface area contributed by atoms with E-state index in [2.05, 4.69) is 21.9 Å². The number of aromatic nitrogens is 2. The Kier molecular flexibility index (Phi) is 2.50. The number of hydrogen-bond acceptors (Lipinski definition) is 3. The minimum absolute atomic E-state index is 0.771. The Morgan fingerprint density at radius 2 is 2.00 bits per heavy atom. The van der Waals surface area contributed by atoms with Crippen LogP contribution in [0.4, 0.5) is 0 Å². The van der Waals surface area contributed by atoms with Gasteiger partial charge in [-0.2, -0.15) is 0 Å². The van der Waals surface area contributed by atoms with Crippen molar-refractivity contribution in [2.45, 2.75) is 38.8 Å². The highest BCUT2D eigenvalue weighted by atomic mass is 15.3. The second-order valence-electron chi connectivity index (χ2n) is 3.70. The van der Waals surface area contributed by atoms with E-state index in [4.69, 9.17) is 0 Å². The summed E-state index contributed by atoms with van der Waals surface area (Å²) in [6.45, 7) is 4.00. The van der Waals surface area contributed by atoms with Gasteiger partial charge in [-0.05, 0) is 19.0 Å². The standard InChI is InChI=1S/C9H11N3.C2H6/c1-12-8-2-6-4-10-5-11-7(6)3-9(8)12;1-2/h4-5,8-9H,2-3H2,1H3;1-2H3. The molecule has 0 spiro atoms. The third-order valence-corrected chi connectivity index (χ3v) is 3.11. The highest BCUT2D eigenvalue weighted by Crippen LogP contribution is 2.36. The van der Waals surface area contributed by atoms with Crippen LogP contribution in [0.5, 0.6) is 0 Å². The average molecular weight is 191 g/mol. The highest BCUT2D eigenvalue weighted by molar-refractivity contribution is 5.28. The predicted octanol–water partition coefficient (Wildman–Crippen LogP) is 1.28. The lowest BCUT2D eigenvalue weighted by Gasteiger charge is -2.09. The Morgan fingerprint density at radius 1 is 1.29 bits per heavy atom. The van der Waals surface area contributed by atoms with Crippen LogP contribution in [0.1, 0.15) is 25.1 Å². The summed E-state index contributed by atoms with van der Waals surface area (Å²) in [7, 11) is 2.19. The minimum Gasteiger partial charge on any atom is -0.297 e. The van der Waals surface area contributed by atoms with E-state index >= 15 is 0 Å². The molecule has 0 aromatic carbocycles. The maximum atomic E-state index is 4.29. The van der Waals surface area contributed by atoms with Gasteiger partial charge < -0.3 is 0 Å². The number of hydrogen-bond donors (Lipinski definition) is 0. The van der Waals surface area contributed by atoms with Crippen LogP contribution in [0.15, 0.2) is 12.5 Å². The summed E-state index contributed by atoms with van der Waals surface area (Å²) in [5.74, 6) is 0. The fourth-order valence-corrected chi connectivity index (χ4v) is 2.20. The molecular weight excluding hydrogens is 174 g/mol. The molecular formula is C11H17N3. The van der Waals surface area contributed by atoms with Crippen LogP contribution in [0, 0.1) is 0 Å². The molecule has 3 nitrogen and oxygen atoms in total. The SMILES string of the molecule is CC.CN1C2Cc3cncnc3CC21. The highest BCUT2D eigenvalue weighted by Gasteiger charge is 2.47. The van der Waals surface area contributed by atoms with Gasteiger partial charge in [-0.25, -0.2) is 9.97 Å². The van der Waals surface area contributed by atoms with Crippen molar-refractivity contribution in [2.24, 2.45) is 0 Å². The van der Waals surface area contributed by atoms with E-state index in [1.807, 2.05) is 20.0 Å². The summed E-state index contributed by atoms with van der Waals surface area (Å²) in [5.41, 5.74) is 2.61. The molecule has 76 valence electrons. The molecule has 0 saturated carbocycles. The van der Waals surface area contributed by atoms with Gasteiger partial charge in [0.2, 0.25) is 0 Å². The molecule has 1 aromatic heterocycles. The van der Waals surface area contributed by atoms with Gasteiger partial charge in [-0.15, -0.1) is 0 Å². The molecule has 3 atom stereocenters. The molecule has 2 heterocycles. The van der Waals surface area contributed by atoms with Crippen molar-refractivity contribution in [3.05, 3.63) is 23.8 Å². The van der Waals surface area contributed by atoms with Gasteiger partial charge in [0.15, 0.2) is 0 Å². The van der Waals surface area contributed by atoms with Crippen LogP contribution in [-0.4, -0.2) is 34.0 Å². The summed E-state index contributed by atoms with van der Waals surface area (Å²) < 4.78 is 0. The van der Waals surface area contributed by atoms with Gasteiger partial charge in [0.25, 0.3) is 0 Å². The van der Waals surface area contributed by atoms with Crippen molar-refractivity contribution in [2.75, 3.05) is 7.05 Å². The molecule has 1 aliphatic carbocycles. The van der Waals surface area contributed by atoms with Crippen molar-refractivity contribution in [1.82, 2.24) is 14.9 Å². The van der Waals surface area contributed by atoms with Crippen molar-refractivity contribution in [1.29, 1.82) is 0 Å². The Balaban J connectivity index is 0.000000354. The summed E-state index contributed by atoms with van der Waals surface area (Å²) >= 11 is 0. The predicted molar refractivity (Wildman–Crippen MR) is 56.1 cm³/mol. The summed E-state index contributed by atoms with van der Waals surface area (Å²) in [6, 6.07) is 1.55. The van der Waals surface area contributed by atoms with Crippen LogP contribution in [0.2, 0.25) is 0 Å². The van der Waals surface area contributed by atoms with Gasteiger partial charge in [-0.1, -0.05) is 13.8 Å². The lowest BCUT2D eigenvalue weighted by molar-refractivity contribution is 0.586. The Hall–Kier alpha value is -0.960. The van der Waals surface area contributed by atoms with Crippen LogP contribution in [0.3, 0.4) is 0 Å². The number of nitrogens with zero attached hydrogens (tertiary/aromatic N) is 3. The number of fused-ring (bicyclic) bond motifs is 2. The van der Waals surface area contributed by atoms with E-state index in [1.54, 1.807) is 6.33 Å². The molecule has 0 radical (unpaired) electrons. The Labute approximate surface area is 85.2 Å². The van der Waals surface area contributed by atoms with Crippen molar-refractivity contribution < 1.29 is 0 Å². The van der Waals surface area contributed by atoms with Crippen LogP contribution >= 0.6 is 0 Å². The van der Waals surface area contributed by atoms with Crippen molar-refractivity contribution in [3.8, 4) is 0 Å². The van der Waals surface area contributed by atoms with Gasteiger partial charge in [0.1, 0.15) is 6.33 Å². The van der Waals surface area contributed by atoms with E-state index in [-0.39, 0.29) is 0 Å². The van der Waals surface area contributed by atoms with Gasteiger partial charge in [0.05, 0.1) is 0 Å². The average Bonchev–Trinajstić information content (AvgIpc) is 2.89. The lowest BCUT2D eigenvalue weighted by atomic mass is 9.98. The van der Waals surface area contributed by atoms with E-state index in [0.717, 1.165) is 24.9 Å². The van der Waals surface area contributed by atoms with Gasteiger partial charge in [-0.3, -0.25) is 4.90 Å². The first kappa shape index (κ1) is 9.59. The van der Waals surface area contributed by atoms with Gasteiger partial charge in [0, 0.05) is 30.4 Å². The molecule has 3 rings (SSSR count). The molecule has 3 heteroatoms. The molecule has 0 bridgehead atoms. The van der Waals surface area contributed by atoms with Crippen LogP contribution in [0.25, 0.3) is 0 Å². The van der Waals surface area contributed by atoms with E-state index in [1.165, 1.54) is 11.3 Å². The molecule has 2 aliphatic rings. The first-order chi connectivity index (χ1) is 6.86. The first-order valence-corrected chi connectivity index (χ1v) is 5.36. The van der Waals surface area contributed by atoms with E-state index in [9.17, 15) is 0 Å². The molecule has 1 aromatic rings. The third-order valence-electron chi connectivity index (χ3n) is 3.11. The topological polar surface area (TPSA) is 28.8 Å². The molecule has 1 saturated heterocycles. The quantitative estimate of drug-likeness (QED) is 0.578.